The van der Waals surface area contributed by atoms with E-state index in [1.807, 2.05) is 0 Å². The summed E-state index contributed by atoms with van der Waals surface area (Å²) in [6.07, 6.45) is 0. The lowest BCUT2D eigenvalue weighted by Crippen LogP contribution is -2.27. The molecule has 1 heterocycles. The SMILES string of the molecule is COCc1c(C(=O)OCC(=O)OC(C)(C)C)sc2cccc(F)c12. The van der Waals surface area contributed by atoms with E-state index in [0.717, 1.165) is 11.3 Å². The van der Waals surface area contributed by atoms with Crippen LogP contribution in [-0.2, 0) is 25.6 Å². The van der Waals surface area contributed by atoms with Crippen LogP contribution in [0.3, 0.4) is 0 Å². The quantitative estimate of drug-likeness (QED) is 0.767. The van der Waals surface area contributed by atoms with Gasteiger partial charge < -0.3 is 14.2 Å². The molecule has 1 aromatic carbocycles. The van der Waals surface area contributed by atoms with Crippen molar-refractivity contribution in [3.8, 4) is 0 Å². The van der Waals surface area contributed by atoms with Gasteiger partial charge in [0.25, 0.3) is 0 Å². The van der Waals surface area contributed by atoms with Crippen LogP contribution < -0.4 is 0 Å². The number of thiophene rings is 1. The molecular weight excluding hydrogens is 335 g/mol. The predicted molar refractivity (Wildman–Crippen MR) is 88.6 cm³/mol. The van der Waals surface area contributed by atoms with E-state index < -0.39 is 30.0 Å². The molecule has 7 heteroatoms. The Hall–Kier alpha value is -1.99. The first-order valence-corrected chi connectivity index (χ1v) is 8.12. The van der Waals surface area contributed by atoms with Crippen molar-refractivity contribution in [3.63, 3.8) is 0 Å². The minimum absolute atomic E-state index is 0.0673. The van der Waals surface area contributed by atoms with Crippen molar-refractivity contribution in [1.82, 2.24) is 0 Å². The third-order valence-corrected chi connectivity index (χ3v) is 4.16. The average Bonchev–Trinajstić information content (AvgIpc) is 2.84. The Balaban J connectivity index is 2.22. The molecule has 2 aromatic rings. The van der Waals surface area contributed by atoms with Crippen molar-refractivity contribution >= 4 is 33.4 Å². The van der Waals surface area contributed by atoms with Crippen LogP contribution in [0.1, 0.15) is 36.0 Å². The van der Waals surface area contributed by atoms with E-state index in [0.29, 0.717) is 15.6 Å². The predicted octanol–water partition coefficient (Wildman–Crippen LogP) is 3.69. The second-order valence-corrected chi connectivity index (χ2v) is 7.17. The van der Waals surface area contributed by atoms with Gasteiger partial charge in [0.2, 0.25) is 0 Å². The first kappa shape index (κ1) is 18.4. The smallest absolute Gasteiger partial charge is 0.349 e. The van der Waals surface area contributed by atoms with Gasteiger partial charge in [-0.2, -0.15) is 0 Å². The van der Waals surface area contributed by atoms with Gasteiger partial charge in [0.15, 0.2) is 6.61 Å². The van der Waals surface area contributed by atoms with Crippen LogP contribution >= 0.6 is 11.3 Å². The normalized spacial score (nSPS) is 11.5. The highest BCUT2D eigenvalue weighted by Gasteiger charge is 2.23. The highest BCUT2D eigenvalue weighted by atomic mass is 32.1. The molecule has 0 saturated carbocycles. The maximum absolute atomic E-state index is 14.1. The molecule has 0 aliphatic heterocycles. The standard InChI is InChI=1S/C17H19FO5S/c1-17(2,3)23-13(19)9-22-16(20)15-10(8-21-4)14-11(18)6-5-7-12(14)24-15/h5-7H,8-9H2,1-4H3. The molecule has 5 nitrogen and oxygen atoms in total. The molecule has 0 aliphatic carbocycles. The summed E-state index contributed by atoms with van der Waals surface area (Å²) in [6, 6.07) is 4.61. The van der Waals surface area contributed by atoms with Crippen molar-refractivity contribution < 1.29 is 28.2 Å². The van der Waals surface area contributed by atoms with Crippen LogP contribution in [0.5, 0.6) is 0 Å². The van der Waals surface area contributed by atoms with Gasteiger partial charge in [-0.25, -0.2) is 14.0 Å². The number of ether oxygens (including phenoxy) is 3. The summed E-state index contributed by atoms with van der Waals surface area (Å²) < 4.78 is 29.9. The van der Waals surface area contributed by atoms with Gasteiger partial charge in [-0.15, -0.1) is 11.3 Å². The van der Waals surface area contributed by atoms with Crippen LogP contribution in [0.15, 0.2) is 18.2 Å². The van der Waals surface area contributed by atoms with Gasteiger partial charge in [-0.05, 0) is 32.9 Å². The van der Waals surface area contributed by atoms with Crippen LogP contribution in [0.4, 0.5) is 4.39 Å². The van der Waals surface area contributed by atoms with E-state index >= 15 is 0 Å². The fourth-order valence-corrected chi connectivity index (χ4v) is 3.29. The van der Waals surface area contributed by atoms with Crippen LogP contribution in [0.25, 0.3) is 10.1 Å². The Bertz CT molecular complexity index is 760. The molecule has 0 bridgehead atoms. The molecule has 0 radical (unpaired) electrons. The Morgan fingerprint density at radius 1 is 1.25 bits per heavy atom. The molecule has 0 saturated heterocycles. The van der Waals surface area contributed by atoms with E-state index in [1.54, 1.807) is 32.9 Å². The molecule has 0 atom stereocenters. The number of benzene rings is 1. The topological polar surface area (TPSA) is 61.8 Å². The lowest BCUT2D eigenvalue weighted by atomic mass is 10.1. The second-order valence-electron chi connectivity index (χ2n) is 6.12. The summed E-state index contributed by atoms with van der Waals surface area (Å²) in [5, 5.41) is 0.341. The van der Waals surface area contributed by atoms with Crippen molar-refractivity contribution in [2.24, 2.45) is 0 Å². The first-order chi connectivity index (χ1) is 11.2. The molecule has 0 amide bonds. The minimum Gasteiger partial charge on any atom is -0.457 e. The Morgan fingerprint density at radius 2 is 1.96 bits per heavy atom. The third kappa shape index (κ3) is 4.30. The molecule has 130 valence electrons. The number of esters is 2. The first-order valence-electron chi connectivity index (χ1n) is 7.30. The maximum Gasteiger partial charge on any atom is 0.349 e. The van der Waals surface area contributed by atoms with Gasteiger partial charge in [0, 0.05) is 22.8 Å². The molecule has 0 spiro atoms. The second kappa shape index (κ2) is 7.27. The highest BCUT2D eigenvalue weighted by molar-refractivity contribution is 7.21. The fraction of sp³-hybridized carbons (Fsp3) is 0.412. The minimum atomic E-state index is -0.700. The van der Waals surface area contributed by atoms with E-state index in [2.05, 4.69) is 0 Å². The number of rotatable bonds is 5. The summed E-state index contributed by atoms with van der Waals surface area (Å²) >= 11 is 1.10. The number of hydrogen-bond acceptors (Lipinski definition) is 6. The summed E-state index contributed by atoms with van der Waals surface area (Å²) in [5.41, 5.74) is -0.240. The lowest BCUT2D eigenvalue weighted by Gasteiger charge is -2.19. The largest absolute Gasteiger partial charge is 0.457 e. The van der Waals surface area contributed by atoms with Gasteiger partial charge in [0.1, 0.15) is 16.3 Å². The molecule has 2 rings (SSSR count). The fourth-order valence-electron chi connectivity index (χ4n) is 2.18. The van der Waals surface area contributed by atoms with Gasteiger partial charge in [-0.3, -0.25) is 0 Å². The number of halogens is 1. The zero-order valence-electron chi connectivity index (χ0n) is 14.0. The molecule has 0 fully saturated rings. The Kier molecular flexibility index (Phi) is 5.56. The van der Waals surface area contributed by atoms with Crippen molar-refractivity contribution in [3.05, 3.63) is 34.5 Å². The van der Waals surface area contributed by atoms with Gasteiger partial charge >= 0.3 is 11.9 Å². The Labute approximate surface area is 143 Å². The van der Waals surface area contributed by atoms with Crippen LogP contribution in [0.2, 0.25) is 0 Å². The number of hydrogen-bond donors (Lipinski definition) is 0. The molecular formula is C17H19FO5S. The Morgan fingerprint density at radius 3 is 2.58 bits per heavy atom. The summed E-state index contributed by atoms with van der Waals surface area (Å²) in [7, 11) is 1.46. The van der Waals surface area contributed by atoms with Crippen LogP contribution in [0, 0.1) is 5.82 Å². The van der Waals surface area contributed by atoms with Crippen molar-refractivity contribution in [1.29, 1.82) is 0 Å². The molecule has 0 aliphatic rings. The zero-order valence-corrected chi connectivity index (χ0v) is 14.8. The number of carbonyl (C=O) groups excluding carboxylic acids is 2. The average molecular weight is 354 g/mol. The maximum atomic E-state index is 14.1. The monoisotopic (exact) mass is 354 g/mol. The summed E-state index contributed by atoms with van der Waals surface area (Å²) in [5.74, 6) is -1.77. The number of fused-ring (bicyclic) bond motifs is 1. The van der Waals surface area contributed by atoms with Gasteiger partial charge in [-0.1, -0.05) is 6.07 Å². The van der Waals surface area contributed by atoms with Crippen molar-refractivity contribution in [2.45, 2.75) is 33.0 Å². The van der Waals surface area contributed by atoms with E-state index in [4.69, 9.17) is 14.2 Å². The number of methoxy groups -OCH3 is 1. The van der Waals surface area contributed by atoms with E-state index in [1.165, 1.54) is 13.2 Å². The molecule has 0 unspecified atom stereocenters. The summed E-state index contributed by atoms with van der Waals surface area (Å²) in [6.45, 7) is 4.73. The lowest BCUT2D eigenvalue weighted by molar-refractivity contribution is -0.158. The molecule has 0 N–H and O–H groups in total. The van der Waals surface area contributed by atoms with E-state index in [9.17, 15) is 14.0 Å². The zero-order chi connectivity index (χ0) is 17.9. The molecule has 1 aromatic heterocycles. The summed E-state index contributed by atoms with van der Waals surface area (Å²) in [4.78, 5) is 24.2. The third-order valence-electron chi connectivity index (χ3n) is 2.98. The molecule has 24 heavy (non-hydrogen) atoms. The van der Waals surface area contributed by atoms with E-state index in [-0.39, 0.29) is 11.5 Å². The number of carbonyl (C=O) groups is 2. The van der Waals surface area contributed by atoms with Crippen molar-refractivity contribution in [2.75, 3.05) is 13.7 Å². The van der Waals surface area contributed by atoms with Gasteiger partial charge in [0.05, 0.1) is 6.61 Å². The highest BCUT2D eigenvalue weighted by Crippen LogP contribution is 2.34. The van der Waals surface area contributed by atoms with Crippen LogP contribution in [-0.4, -0.2) is 31.3 Å².